The van der Waals surface area contributed by atoms with Gasteiger partial charge in [0.2, 0.25) is 5.91 Å². The van der Waals surface area contributed by atoms with E-state index in [1.54, 1.807) is 0 Å². The van der Waals surface area contributed by atoms with Crippen LogP contribution in [0, 0.1) is 5.92 Å². The van der Waals surface area contributed by atoms with E-state index in [1.165, 1.54) is 12.0 Å². The summed E-state index contributed by atoms with van der Waals surface area (Å²) in [6, 6.07) is 10.5. The van der Waals surface area contributed by atoms with Gasteiger partial charge in [-0.25, -0.2) is 0 Å². The van der Waals surface area contributed by atoms with E-state index in [0.717, 1.165) is 26.2 Å². The SMILES string of the molecule is CC(N)CC(=O)N(C)CC1CCN(Cc2ccccc2)C1.Cl.Cl. The van der Waals surface area contributed by atoms with Crippen molar-refractivity contribution >= 4 is 30.7 Å². The van der Waals surface area contributed by atoms with E-state index in [4.69, 9.17) is 5.73 Å². The Balaban J connectivity index is 0.00000242. The minimum Gasteiger partial charge on any atom is -0.345 e. The first kappa shape index (κ1) is 22.2. The number of benzene rings is 1. The molecule has 0 aromatic heterocycles. The maximum atomic E-state index is 11.9. The average Bonchev–Trinajstić information content (AvgIpc) is 2.86. The molecule has 4 nitrogen and oxygen atoms in total. The van der Waals surface area contributed by atoms with Crippen LogP contribution in [0.3, 0.4) is 0 Å². The number of nitrogens with zero attached hydrogens (tertiary/aromatic N) is 2. The van der Waals surface area contributed by atoms with Crippen LogP contribution in [0.4, 0.5) is 0 Å². The van der Waals surface area contributed by atoms with Crippen LogP contribution in [0.15, 0.2) is 30.3 Å². The Morgan fingerprint density at radius 3 is 2.61 bits per heavy atom. The van der Waals surface area contributed by atoms with Crippen LogP contribution in [0.25, 0.3) is 0 Å². The Morgan fingerprint density at radius 2 is 2.00 bits per heavy atom. The zero-order chi connectivity index (χ0) is 15.2. The fraction of sp³-hybridized carbons (Fsp3) is 0.588. The highest BCUT2D eigenvalue weighted by molar-refractivity contribution is 5.85. The van der Waals surface area contributed by atoms with E-state index < -0.39 is 0 Å². The van der Waals surface area contributed by atoms with Crippen LogP contribution < -0.4 is 5.73 Å². The second-order valence-electron chi connectivity index (χ2n) is 6.33. The van der Waals surface area contributed by atoms with Crippen LogP contribution in [-0.4, -0.2) is 48.4 Å². The van der Waals surface area contributed by atoms with Crippen molar-refractivity contribution in [3.63, 3.8) is 0 Å². The van der Waals surface area contributed by atoms with Gasteiger partial charge in [-0.05, 0) is 31.4 Å². The summed E-state index contributed by atoms with van der Waals surface area (Å²) >= 11 is 0. The molecular formula is C17H29Cl2N3O. The summed E-state index contributed by atoms with van der Waals surface area (Å²) in [5.41, 5.74) is 7.05. The van der Waals surface area contributed by atoms with E-state index in [0.29, 0.717) is 12.3 Å². The minimum atomic E-state index is -0.0573. The summed E-state index contributed by atoms with van der Waals surface area (Å²) in [7, 11) is 1.89. The molecule has 2 atom stereocenters. The van der Waals surface area contributed by atoms with Crippen LogP contribution in [-0.2, 0) is 11.3 Å². The second kappa shape index (κ2) is 10.9. The third-order valence-electron chi connectivity index (χ3n) is 4.07. The molecule has 1 aliphatic rings. The van der Waals surface area contributed by atoms with Gasteiger partial charge >= 0.3 is 0 Å². The van der Waals surface area contributed by atoms with Crippen molar-refractivity contribution in [1.82, 2.24) is 9.80 Å². The van der Waals surface area contributed by atoms with E-state index in [-0.39, 0.29) is 36.8 Å². The first-order chi connectivity index (χ1) is 10.0. The Hall–Kier alpha value is -0.810. The summed E-state index contributed by atoms with van der Waals surface area (Å²) in [4.78, 5) is 16.3. The number of hydrogen-bond donors (Lipinski definition) is 1. The normalized spacial score (nSPS) is 18.7. The van der Waals surface area contributed by atoms with Crippen LogP contribution in [0.1, 0.15) is 25.3 Å². The van der Waals surface area contributed by atoms with Crippen LogP contribution >= 0.6 is 24.8 Å². The molecule has 1 saturated heterocycles. The highest BCUT2D eigenvalue weighted by Crippen LogP contribution is 2.19. The zero-order valence-electron chi connectivity index (χ0n) is 14.0. The van der Waals surface area contributed by atoms with E-state index in [1.807, 2.05) is 18.9 Å². The molecule has 1 heterocycles. The molecule has 0 aliphatic carbocycles. The Bertz CT molecular complexity index is 456. The predicted octanol–water partition coefficient (Wildman–Crippen LogP) is 2.55. The standard InChI is InChI=1S/C17H27N3O.2ClH/c1-14(18)10-17(21)19(2)11-16-8-9-20(13-16)12-15-6-4-3-5-7-15;;/h3-7,14,16H,8-13,18H2,1-2H3;2*1H. The summed E-state index contributed by atoms with van der Waals surface area (Å²) in [5.74, 6) is 0.738. The topological polar surface area (TPSA) is 49.6 Å². The molecule has 1 amide bonds. The number of rotatable bonds is 6. The van der Waals surface area contributed by atoms with Crippen molar-refractivity contribution < 1.29 is 4.79 Å². The third kappa shape index (κ3) is 7.53. The van der Waals surface area contributed by atoms with Gasteiger partial charge in [0, 0.05) is 39.1 Å². The number of likely N-dealkylation sites (tertiary alicyclic amines) is 1. The van der Waals surface area contributed by atoms with Crippen molar-refractivity contribution in [2.75, 3.05) is 26.7 Å². The van der Waals surface area contributed by atoms with Gasteiger partial charge in [0.1, 0.15) is 0 Å². The number of hydrogen-bond acceptors (Lipinski definition) is 3. The van der Waals surface area contributed by atoms with Crippen molar-refractivity contribution in [2.24, 2.45) is 11.7 Å². The van der Waals surface area contributed by atoms with Gasteiger partial charge in [-0.15, -0.1) is 24.8 Å². The van der Waals surface area contributed by atoms with Gasteiger partial charge in [0.05, 0.1) is 0 Å². The van der Waals surface area contributed by atoms with E-state index in [2.05, 4.69) is 35.2 Å². The Labute approximate surface area is 152 Å². The maximum Gasteiger partial charge on any atom is 0.223 e. The summed E-state index contributed by atoms with van der Waals surface area (Å²) < 4.78 is 0. The van der Waals surface area contributed by atoms with E-state index in [9.17, 15) is 4.79 Å². The second-order valence-corrected chi connectivity index (χ2v) is 6.33. The first-order valence-electron chi connectivity index (χ1n) is 7.80. The number of amides is 1. The Morgan fingerprint density at radius 1 is 1.35 bits per heavy atom. The molecule has 0 bridgehead atoms. The molecule has 2 unspecified atom stereocenters. The van der Waals surface area contributed by atoms with Gasteiger partial charge in [0.15, 0.2) is 0 Å². The molecule has 0 spiro atoms. The van der Waals surface area contributed by atoms with Crippen molar-refractivity contribution in [3.05, 3.63) is 35.9 Å². The molecule has 1 aromatic rings. The summed E-state index contributed by atoms with van der Waals surface area (Å²) in [6.45, 7) is 5.92. The van der Waals surface area contributed by atoms with Gasteiger partial charge in [-0.1, -0.05) is 30.3 Å². The number of carbonyl (C=O) groups is 1. The third-order valence-corrected chi connectivity index (χ3v) is 4.07. The van der Waals surface area contributed by atoms with Crippen LogP contribution in [0.5, 0.6) is 0 Å². The van der Waals surface area contributed by atoms with Crippen LogP contribution in [0.2, 0.25) is 0 Å². The molecule has 6 heteroatoms. The molecule has 2 rings (SSSR count). The number of halogens is 2. The highest BCUT2D eigenvalue weighted by Gasteiger charge is 2.25. The lowest BCUT2D eigenvalue weighted by Gasteiger charge is -2.22. The predicted molar refractivity (Wildman–Crippen MR) is 100 cm³/mol. The lowest BCUT2D eigenvalue weighted by atomic mass is 10.1. The summed E-state index contributed by atoms with van der Waals surface area (Å²) in [6.07, 6.45) is 1.61. The molecule has 0 saturated carbocycles. The molecule has 1 fully saturated rings. The first-order valence-corrected chi connectivity index (χ1v) is 7.80. The Kier molecular flexibility index (Phi) is 10.5. The quantitative estimate of drug-likeness (QED) is 0.846. The average molecular weight is 362 g/mol. The largest absolute Gasteiger partial charge is 0.345 e. The smallest absolute Gasteiger partial charge is 0.223 e. The lowest BCUT2D eigenvalue weighted by Crippen LogP contribution is -2.36. The number of nitrogens with two attached hydrogens (primary N) is 1. The van der Waals surface area contributed by atoms with Crippen molar-refractivity contribution in [3.8, 4) is 0 Å². The molecular weight excluding hydrogens is 333 g/mol. The molecule has 1 aromatic carbocycles. The van der Waals surface area contributed by atoms with Gasteiger partial charge in [0.25, 0.3) is 0 Å². The minimum absolute atomic E-state index is 0. The van der Waals surface area contributed by atoms with Gasteiger partial charge in [-0.3, -0.25) is 9.69 Å². The molecule has 132 valence electrons. The van der Waals surface area contributed by atoms with Crippen molar-refractivity contribution in [1.29, 1.82) is 0 Å². The maximum absolute atomic E-state index is 11.9. The molecule has 2 N–H and O–H groups in total. The lowest BCUT2D eigenvalue weighted by molar-refractivity contribution is -0.130. The number of carbonyl (C=O) groups excluding carboxylic acids is 1. The van der Waals surface area contributed by atoms with Gasteiger partial charge in [-0.2, -0.15) is 0 Å². The fourth-order valence-corrected chi connectivity index (χ4v) is 2.97. The molecule has 1 aliphatic heterocycles. The monoisotopic (exact) mass is 361 g/mol. The van der Waals surface area contributed by atoms with Crippen molar-refractivity contribution in [2.45, 2.75) is 32.4 Å². The highest BCUT2D eigenvalue weighted by atomic mass is 35.5. The fourth-order valence-electron chi connectivity index (χ4n) is 2.97. The van der Waals surface area contributed by atoms with Gasteiger partial charge < -0.3 is 10.6 Å². The zero-order valence-corrected chi connectivity index (χ0v) is 15.6. The molecule has 0 radical (unpaired) electrons. The van der Waals surface area contributed by atoms with E-state index >= 15 is 0 Å². The molecule has 23 heavy (non-hydrogen) atoms. The summed E-state index contributed by atoms with van der Waals surface area (Å²) in [5, 5.41) is 0.